The van der Waals surface area contributed by atoms with Gasteiger partial charge in [0.2, 0.25) is 0 Å². The summed E-state index contributed by atoms with van der Waals surface area (Å²) in [7, 11) is 0. The lowest BCUT2D eigenvalue weighted by Gasteiger charge is -2.07. The highest BCUT2D eigenvalue weighted by molar-refractivity contribution is 7.94. The fraction of sp³-hybridized carbons (Fsp3) is 1.00. The van der Waals surface area contributed by atoms with Crippen LogP contribution in [0.3, 0.4) is 0 Å². The molecule has 36 valence electrons. The van der Waals surface area contributed by atoms with Gasteiger partial charge in [0.25, 0.3) is 0 Å². The van der Waals surface area contributed by atoms with Crippen LogP contribution in [0.25, 0.3) is 0 Å². The lowest BCUT2D eigenvalue weighted by Crippen LogP contribution is -2.17. The molecule has 1 aliphatic rings. The number of hydroxylamine groups is 1. The number of nitrogens with one attached hydrogen (secondary N) is 1. The largest absolute Gasteiger partial charge is 0.232 e. The predicted octanol–water partition coefficient (Wildman–Crippen LogP) is 0.559. The molecule has 0 atom stereocenters. The van der Waals surface area contributed by atoms with Crippen molar-refractivity contribution in [3.8, 4) is 0 Å². The Hall–Kier alpha value is 0.270. The van der Waals surface area contributed by atoms with E-state index in [4.69, 9.17) is 4.28 Å². The van der Waals surface area contributed by atoms with Crippen molar-refractivity contribution in [2.75, 3.05) is 12.3 Å². The van der Waals surface area contributed by atoms with E-state index in [1.807, 2.05) is 0 Å². The molecule has 0 aliphatic carbocycles. The molecule has 0 aromatic heterocycles. The summed E-state index contributed by atoms with van der Waals surface area (Å²) in [6.45, 7) is 1.01. The molecule has 1 aliphatic heterocycles. The topological polar surface area (TPSA) is 21.3 Å². The van der Waals surface area contributed by atoms with Crippen molar-refractivity contribution in [2.45, 2.75) is 6.42 Å². The van der Waals surface area contributed by atoms with Crippen molar-refractivity contribution in [1.29, 1.82) is 0 Å². The summed E-state index contributed by atoms with van der Waals surface area (Å²) < 4.78 is 4.74. The fourth-order valence-electron chi connectivity index (χ4n) is 0.328. The summed E-state index contributed by atoms with van der Waals surface area (Å²) in [5.74, 6) is 1.13. The van der Waals surface area contributed by atoms with Crippen LogP contribution >= 0.6 is 12.0 Å². The zero-order valence-electron chi connectivity index (χ0n) is 3.44. The van der Waals surface area contributed by atoms with Gasteiger partial charge in [0, 0.05) is 24.3 Å². The Bertz CT molecular complexity index is 26.3. The maximum atomic E-state index is 4.74. The SMILES string of the molecule is C1CNOSC1. The van der Waals surface area contributed by atoms with Gasteiger partial charge in [-0.1, -0.05) is 0 Å². The molecule has 1 N–H and O–H groups in total. The van der Waals surface area contributed by atoms with Crippen molar-refractivity contribution in [3.63, 3.8) is 0 Å². The van der Waals surface area contributed by atoms with Crippen LogP contribution in [-0.4, -0.2) is 12.3 Å². The minimum atomic E-state index is 1.01. The highest BCUT2D eigenvalue weighted by atomic mass is 32.2. The number of hydrogen-bond acceptors (Lipinski definition) is 3. The maximum absolute atomic E-state index is 4.74. The van der Waals surface area contributed by atoms with E-state index in [1.165, 1.54) is 18.5 Å². The van der Waals surface area contributed by atoms with E-state index >= 15 is 0 Å². The van der Waals surface area contributed by atoms with E-state index < -0.39 is 0 Å². The molecule has 0 spiro atoms. The van der Waals surface area contributed by atoms with Crippen molar-refractivity contribution < 1.29 is 4.28 Å². The van der Waals surface area contributed by atoms with Gasteiger partial charge in [-0.25, -0.2) is 4.28 Å². The van der Waals surface area contributed by atoms with Gasteiger partial charge in [0.15, 0.2) is 0 Å². The van der Waals surface area contributed by atoms with E-state index in [-0.39, 0.29) is 0 Å². The van der Waals surface area contributed by atoms with Gasteiger partial charge in [-0.05, 0) is 6.42 Å². The summed E-state index contributed by atoms with van der Waals surface area (Å²) >= 11 is 1.48. The average Bonchev–Trinajstić information content (AvgIpc) is 1.72. The van der Waals surface area contributed by atoms with E-state index in [0.29, 0.717) is 0 Å². The number of hydrogen-bond donors (Lipinski definition) is 1. The second kappa shape index (κ2) is 2.44. The van der Waals surface area contributed by atoms with Gasteiger partial charge < -0.3 is 0 Å². The maximum Gasteiger partial charge on any atom is 0.0230 e. The molecule has 1 fully saturated rings. The van der Waals surface area contributed by atoms with Crippen molar-refractivity contribution >= 4 is 12.0 Å². The highest BCUT2D eigenvalue weighted by Crippen LogP contribution is 2.04. The Morgan fingerprint density at radius 3 is 2.83 bits per heavy atom. The average molecular weight is 105 g/mol. The Kier molecular flexibility index (Phi) is 1.80. The van der Waals surface area contributed by atoms with Crippen LogP contribution in [0, 0.1) is 0 Å². The molecular weight excluding hydrogens is 98.1 g/mol. The molecule has 0 aromatic carbocycles. The van der Waals surface area contributed by atoms with E-state index in [0.717, 1.165) is 12.3 Å². The molecule has 0 aromatic rings. The third kappa shape index (κ3) is 1.16. The molecule has 0 saturated carbocycles. The lowest BCUT2D eigenvalue weighted by molar-refractivity contribution is 0.226. The van der Waals surface area contributed by atoms with Gasteiger partial charge in [0.05, 0.1) is 0 Å². The summed E-state index contributed by atoms with van der Waals surface area (Å²) in [6.07, 6.45) is 1.23. The van der Waals surface area contributed by atoms with Gasteiger partial charge >= 0.3 is 0 Å². The minimum absolute atomic E-state index is 1.01. The lowest BCUT2D eigenvalue weighted by atomic mass is 10.5. The zero-order valence-corrected chi connectivity index (χ0v) is 4.25. The first-order valence-electron chi connectivity index (χ1n) is 2.01. The zero-order chi connectivity index (χ0) is 4.24. The normalized spacial score (nSPS) is 24.0. The third-order valence-corrected chi connectivity index (χ3v) is 1.32. The van der Waals surface area contributed by atoms with Gasteiger partial charge in [0.1, 0.15) is 0 Å². The minimum Gasteiger partial charge on any atom is -0.232 e. The van der Waals surface area contributed by atoms with Crippen LogP contribution < -0.4 is 5.48 Å². The molecule has 1 heterocycles. The monoisotopic (exact) mass is 105 g/mol. The van der Waals surface area contributed by atoms with E-state index in [9.17, 15) is 0 Å². The van der Waals surface area contributed by atoms with Crippen molar-refractivity contribution in [2.24, 2.45) is 0 Å². The van der Waals surface area contributed by atoms with Crippen LogP contribution in [-0.2, 0) is 4.28 Å². The smallest absolute Gasteiger partial charge is 0.0230 e. The van der Waals surface area contributed by atoms with Crippen LogP contribution in [0.4, 0.5) is 0 Å². The Balaban J connectivity index is 2.00. The molecule has 0 amide bonds. The van der Waals surface area contributed by atoms with Gasteiger partial charge in [-0.2, -0.15) is 5.48 Å². The van der Waals surface area contributed by atoms with E-state index in [1.54, 1.807) is 0 Å². The van der Waals surface area contributed by atoms with Gasteiger partial charge in [-0.15, -0.1) is 0 Å². The Labute approximate surface area is 41.4 Å². The molecule has 0 radical (unpaired) electrons. The van der Waals surface area contributed by atoms with Crippen molar-refractivity contribution in [1.82, 2.24) is 5.48 Å². The standard InChI is InChI=1S/C3H7NOS/c1-2-4-5-6-3-1/h4H,1-3H2. The molecule has 0 bridgehead atoms. The first kappa shape index (κ1) is 4.43. The molecule has 2 nitrogen and oxygen atoms in total. The van der Waals surface area contributed by atoms with Crippen LogP contribution in [0.1, 0.15) is 6.42 Å². The first-order chi connectivity index (χ1) is 3.00. The first-order valence-corrected chi connectivity index (χ1v) is 2.92. The van der Waals surface area contributed by atoms with Crippen LogP contribution in [0.15, 0.2) is 0 Å². The fourth-order valence-corrected chi connectivity index (χ4v) is 0.840. The summed E-state index contributed by atoms with van der Waals surface area (Å²) in [4.78, 5) is 0. The van der Waals surface area contributed by atoms with Crippen LogP contribution in [0.2, 0.25) is 0 Å². The molecule has 1 saturated heterocycles. The van der Waals surface area contributed by atoms with E-state index in [2.05, 4.69) is 5.48 Å². The van der Waals surface area contributed by atoms with Gasteiger partial charge in [-0.3, -0.25) is 0 Å². The quantitative estimate of drug-likeness (QED) is 0.455. The van der Waals surface area contributed by atoms with Crippen LogP contribution in [0.5, 0.6) is 0 Å². The molecule has 1 rings (SSSR count). The summed E-state index contributed by atoms with van der Waals surface area (Å²) in [5, 5.41) is 0. The molecule has 6 heavy (non-hydrogen) atoms. The van der Waals surface area contributed by atoms with Crippen molar-refractivity contribution in [3.05, 3.63) is 0 Å². The third-order valence-electron chi connectivity index (χ3n) is 0.624. The summed E-state index contributed by atoms with van der Waals surface area (Å²) in [5.41, 5.74) is 2.75. The molecular formula is C3H7NOS. The Morgan fingerprint density at radius 2 is 2.67 bits per heavy atom. The molecule has 0 unspecified atom stereocenters. The Morgan fingerprint density at radius 1 is 1.67 bits per heavy atom. The predicted molar refractivity (Wildman–Crippen MR) is 26.2 cm³/mol. The highest BCUT2D eigenvalue weighted by Gasteiger charge is 1.95. The summed E-state index contributed by atoms with van der Waals surface area (Å²) in [6, 6.07) is 0. The second-order valence-electron chi connectivity index (χ2n) is 1.15. The number of rotatable bonds is 0. The molecule has 3 heteroatoms. The second-order valence-corrected chi connectivity index (χ2v) is 1.96.